The molecule has 0 saturated carbocycles. The minimum absolute atomic E-state index is 0.107. The first-order chi connectivity index (χ1) is 15.2. The molecule has 2 aromatic carbocycles. The first kappa shape index (κ1) is 22.2. The van der Waals surface area contributed by atoms with E-state index in [1.54, 1.807) is 18.3 Å². The summed E-state index contributed by atoms with van der Waals surface area (Å²) < 4.78 is 1.34. The smallest absolute Gasteiger partial charge is 0.376 e. The maximum atomic E-state index is 12.9. The van der Waals surface area contributed by atoms with Crippen molar-refractivity contribution < 1.29 is 29.7 Å². The molecule has 1 aromatic heterocycles. The van der Waals surface area contributed by atoms with Gasteiger partial charge in [0.1, 0.15) is 5.76 Å². The molecule has 0 unspecified atom stereocenters. The number of carbonyl (C=O) groups excluding carboxylic acids is 1. The Morgan fingerprint density at radius 3 is 2.19 bits per heavy atom. The van der Waals surface area contributed by atoms with Crippen LogP contribution in [-0.4, -0.2) is 37.6 Å². The van der Waals surface area contributed by atoms with Crippen molar-refractivity contribution in [1.82, 2.24) is 4.57 Å². The van der Waals surface area contributed by atoms with Gasteiger partial charge in [-0.05, 0) is 41.3 Å². The quantitative estimate of drug-likeness (QED) is 0.282. The Morgan fingerprint density at radius 2 is 1.53 bits per heavy atom. The van der Waals surface area contributed by atoms with Crippen LogP contribution in [0.1, 0.15) is 32.6 Å². The molecule has 8 nitrogen and oxygen atoms in total. The molecule has 3 aromatic rings. The van der Waals surface area contributed by atoms with Crippen LogP contribution in [0.15, 0.2) is 77.7 Å². The van der Waals surface area contributed by atoms with Gasteiger partial charge in [0.25, 0.3) is 11.3 Å². The molecular weight excluding hydrogens is 414 g/mol. The van der Waals surface area contributed by atoms with Crippen LogP contribution in [0.5, 0.6) is 0 Å². The van der Waals surface area contributed by atoms with Gasteiger partial charge in [0.2, 0.25) is 0 Å². The maximum absolute atomic E-state index is 12.9. The molecule has 0 bridgehead atoms. The van der Waals surface area contributed by atoms with Gasteiger partial charge in [-0.15, -0.1) is 0 Å². The molecule has 8 heteroatoms. The molecule has 0 aliphatic carbocycles. The van der Waals surface area contributed by atoms with E-state index in [0.717, 1.165) is 5.56 Å². The number of pyridine rings is 1. The van der Waals surface area contributed by atoms with Gasteiger partial charge in [-0.3, -0.25) is 9.59 Å². The lowest BCUT2D eigenvalue weighted by Gasteiger charge is -2.12. The average Bonchev–Trinajstić information content (AvgIpc) is 2.76. The molecule has 0 aliphatic heterocycles. The third kappa shape index (κ3) is 5.37. The minimum Gasteiger partial charge on any atom is -0.507 e. The van der Waals surface area contributed by atoms with E-state index in [4.69, 9.17) is 5.11 Å². The van der Waals surface area contributed by atoms with Gasteiger partial charge in [0, 0.05) is 12.3 Å². The maximum Gasteiger partial charge on any atom is 0.376 e. The van der Waals surface area contributed by atoms with Crippen LogP contribution in [-0.2, 0) is 22.6 Å². The van der Waals surface area contributed by atoms with Crippen LogP contribution >= 0.6 is 0 Å². The molecule has 0 radical (unpaired) electrons. The van der Waals surface area contributed by atoms with E-state index in [0.29, 0.717) is 17.2 Å². The molecule has 162 valence electrons. The Morgan fingerprint density at radius 1 is 0.844 bits per heavy atom. The highest BCUT2D eigenvalue weighted by molar-refractivity contribution is 6.38. The standard InChI is InChI=1S/C24H19NO7/c26-20(12-21(27)24(31)32)19-11-17(9-16-7-4-8-18(10-16)23(29)30)14-25(22(19)28)13-15-5-2-1-3-6-15/h1-8,10-12,14,26H,9,13H2,(H,29,30)(H,31,32). The molecule has 32 heavy (non-hydrogen) atoms. The van der Waals surface area contributed by atoms with Gasteiger partial charge in [0.05, 0.1) is 17.7 Å². The Balaban J connectivity index is 2.08. The number of aliphatic hydroxyl groups excluding tert-OH is 1. The predicted octanol–water partition coefficient (Wildman–Crippen LogP) is 2.74. The lowest BCUT2D eigenvalue weighted by molar-refractivity contribution is -0.146. The number of rotatable bonds is 8. The van der Waals surface area contributed by atoms with Crippen molar-refractivity contribution in [2.45, 2.75) is 13.0 Å². The average molecular weight is 433 g/mol. The van der Waals surface area contributed by atoms with Crippen LogP contribution < -0.4 is 5.56 Å². The van der Waals surface area contributed by atoms with E-state index in [1.165, 1.54) is 22.8 Å². The van der Waals surface area contributed by atoms with Crippen molar-refractivity contribution in [2.75, 3.05) is 0 Å². The fraction of sp³-hybridized carbons (Fsp3) is 0.0833. The fourth-order valence-corrected chi connectivity index (χ4v) is 3.19. The third-order valence-corrected chi connectivity index (χ3v) is 4.68. The Kier molecular flexibility index (Phi) is 6.65. The van der Waals surface area contributed by atoms with Gasteiger partial charge in [-0.25, -0.2) is 9.59 Å². The minimum atomic E-state index is -1.76. The van der Waals surface area contributed by atoms with Crippen molar-refractivity contribution in [3.05, 3.63) is 111 Å². The number of carboxylic acids is 2. The Hall–Kier alpha value is -4.46. The monoisotopic (exact) mass is 433 g/mol. The second-order valence-corrected chi connectivity index (χ2v) is 7.06. The van der Waals surface area contributed by atoms with Gasteiger partial charge in [0.15, 0.2) is 0 Å². The van der Waals surface area contributed by atoms with Crippen LogP contribution in [0.3, 0.4) is 0 Å². The van der Waals surface area contributed by atoms with Crippen LogP contribution in [0.2, 0.25) is 0 Å². The summed E-state index contributed by atoms with van der Waals surface area (Å²) in [5.41, 5.74) is 1.30. The van der Waals surface area contributed by atoms with E-state index in [9.17, 15) is 29.4 Å². The zero-order valence-electron chi connectivity index (χ0n) is 16.8. The van der Waals surface area contributed by atoms with Crippen molar-refractivity contribution >= 4 is 23.5 Å². The molecule has 1 heterocycles. The molecule has 0 saturated heterocycles. The fourth-order valence-electron chi connectivity index (χ4n) is 3.19. The highest BCUT2D eigenvalue weighted by atomic mass is 16.4. The lowest BCUT2D eigenvalue weighted by Crippen LogP contribution is -2.25. The lowest BCUT2D eigenvalue weighted by atomic mass is 10.0. The summed E-state index contributed by atoms with van der Waals surface area (Å²) >= 11 is 0. The topological polar surface area (TPSA) is 134 Å². The number of carboxylic acid groups (broad SMARTS) is 2. The first-order valence-electron chi connectivity index (χ1n) is 9.52. The molecular formula is C24H19NO7. The largest absolute Gasteiger partial charge is 0.507 e. The third-order valence-electron chi connectivity index (χ3n) is 4.68. The number of aliphatic hydroxyl groups is 1. The summed E-state index contributed by atoms with van der Waals surface area (Å²) in [6, 6.07) is 16.7. The molecule has 3 N–H and O–H groups in total. The molecule has 0 amide bonds. The summed E-state index contributed by atoms with van der Waals surface area (Å²) in [5.74, 6) is -4.96. The summed E-state index contributed by atoms with van der Waals surface area (Å²) in [5, 5.41) is 28.3. The first-order valence-corrected chi connectivity index (χ1v) is 9.52. The Bertz CT molecular complexity index is 1270. The summed E-state index contributed by atoms with van der Waals surface area (Å²) in [6.07, 6.45) is 2.31. The van der Waals surface area contributed by atoms with Gasteiger partial charge in [-0.1, -0.05) is 42.5 Å². The van der Waals surface area contributed by atoms with Crippen LogP contribution in [0, 0.1) is 0 Å². The van der Waals surface area contributed by atoms with E-state index in [1.807, 2.05) is 30.3 Å². The highest BCUT2D eigenvalue weighted by Crippen LogP contribution is 2.16. The van der Waals surface area contributed by atoms with E-state index >= 15 is 0 Å². The highest BCUT2D eigenvalue weighted by Gasteiger charge is 2.16. The number of hydrogen-bond donors (Lipinski definition) is 3. The summed E-state index contributed by atoms with van der Waals surface area (Å²) in [4.78, 5) is 46.5. The molecule has 0 fully saturated rings. The van der Waals surface area contributed by atoms with Crippen molar-refractivity contribution in [3.8, 4) is 0 Å². The normalized spacial score (nSPS) is 11.2. The van der Waals surface area contributed by atoms with Crippen molar-refractivity contribution in [1.29, 1.82) is 0 Å². The number of aromatic nitrogens is 1. The van der Waals surface area contributed by atoms with Crippen LogP contribution in [0.4, 0.5) is 0 Å². The van der Waals surface area contributed by atoms with Gasteiger partial charge >= 0.3 is 11.9 Å². The number of ketones is 1. The number of benzene rings is 2. The predicted molar refractivity (Wildman–Crippen MR) is 116 cm³/mol. The number of carbonyl (C=O) groups is 3. The number of aromatic carboxylic acids is 1. The summed E-state index contributed by atoms with van der Waals surface area (Å²) in [6.45, 7) is 0.176. The van der Waals surface area contributed by atoms with Gasteiger partial charge < -0.3 is 19.9 Å². The zero-order chi connectivity index (χ0) is 23.3. The van der Waals surface area contributed by atoms with Gasteiger partial charge in [-0.2, -0.15) is 0 Å². The van der Waals surface area contributed by atoms with Crippen LogP contribution in [0.25, 0.3) is 5.76 Å². The molecule has 0 spiro atoms. The molecule has 0 atom stereocenters. The second-order valence-electron chi connectivity index (χ2n) is 7.06. The molecule has 0 aliphatic rings. The number of aliphatic carboxylic acids is 1. The van der Waals surface area contributed by atoms with Crippen molar-refractivity contribution in [3.63, 3.8) is 0 Å². The number of hydrogen-bond acceptors (Lipinski definition) is 5. The van der Waals surface area contributed by atoms with E-state index < -0.39 is 29.0 Å². The second kappa shape index (κ2) is 9.57. The summed E-state index contributed by atoms with van der Waals surface area (Å²) in [7, 11) is 0. The SMILES string of the molecule is O=C(O)C(=O)C=C(O)c1cc(Cc2cccc(C(=O)O)c2)cn(Cc2ccccc2)c1=O. The number of nitrogens with zero attached hydrogens (tertiary/aromatic N) is 1. The molecule has 3 rings (SSSR count). The van der Waals surface area contributed by atoms with Crippen molar-refractivity contribution in [2.24, 2.45) is 0 Å². The van der Waals surface area contributed by atoms with E-state index in [2.05, 4.69) is 0 Å². The zero-order valence-corrected chi connectivity index (χ0v) is 16.8. The Labute approximate surface area is 182 Å². The van der Waals surface area contributed by atoms with E-state index in [-0.39, 0.29) is 24.1 Å².